The van der Waals surface area contributed by atoms with Crippen LogP contribution in [-0.2, 0) is 6.61 Å². The fourth-order valence-corrected chi connectivity index (χ4v) is 2.27. The first-order chi connectivity index (χ1) is 10.6. The average Bonchev–Trinajstić information content (AvgIpc) is 2.54. The predicted molar refractivity (Wildman–Crippen MR) is 94.9 cm³/mol. The molecular weight excluding hydrogens is 294 g/mol. The lowest BCUT2D eigenvalue weighted by Gasteiger charge is -2.13. The van der Waals surface area contributed by atoms with Gasteiger partial charge in [-0.1, -0.05) is 41.9 Å². The Kier molecular flexibility index (Phi) is 5.79. The molecule has 2 aromatic rings. The number of para-hydroxylation sites is 1. The van der Waals surface area contributed by atoms with Crippen LogP contribution in [0.3, 0.4) is 0 Å². The maximum atomic E-state index is 5.99. The summed E-state index contributed by atoms with van der Waals surface area (Å²) in [6.45, 7) is 4.65. The van der Waals surface area contributed by atoms with Crippen LogP contribution in [0.2, 0.25) is 5.02 Å². The summed E-state index contributed by atoms with van der Waals surface area (Å²) in [6.07, 6.45) is 1.87. The number of hydrogen-bond donors (Lipinski definition) is 0. The highest BCUT2D eigenvalue weighted by Crippen LogP contribution is 2.28. The molecule has 0 saturated carbocycles. The van der Waals surface area contributed by atoms with Gasteiger partial charge in [-0.25, -0.2) is 0 Å². The smallest absolute Gasteiger partial charge is 0.127 e. The van der Waals surface area contributed by atoms with Crippen LogP contribution in [0.1, 0.15) is 25.0 Å². The van der Waals surface area contributed by atoms with Crippen LogP contribution in [-0.4, -0.2) is 13.3 Å². The van der Waals surface area contributed by atoms with Crippen LogP contribution < -0.4 is 4.74 Å². The second-order valence-electron chi connectivity index (χ2n) is 5.11. The Hall–Kier alpha value is -2.06. The second kappa shape index (κ2) is 7.81. The molecule has 3 heteroatoms. The van der Waals surface area contributed by atoms with Crippen molar-refractivity contribution in [2.45, 2.75) is 20.5 Å². The molecule has 114 valence electrons. The standard InChI is InChI=1S/C19H20ClNO/c1-14(12-21-3)15(2)18-6-4-5-7-19(18)22-13-16-8-10-17(20)11-9-16/h4-12H,13H2,1-3H3/b15-14+,21-12?. The summed E-state index contributed by atoms with van der Waals surface area (Å²) in [4.78, 5) is 4.08. The van der Waals surface area contributed by atoms with Crippen LogP contribution in [0, 0.1) is 0 Å². The van der Waals surface area contributed by atoms with E-state index in [-0.39, 0.29) is 0 Å². The first-order valence-electron chi connectivity index (χ1n) is 7.18. The minimum atomic E-state index is 0.516. The van der Waals surface area contributed by atoms with Gasteiger partial charge >= 0.3 is 0 Å². The molecule has 0 atom stereocenters. The van der Waals surface area contributed by atoms with E-state index >= 15 is 0 Å². The van der Waals surface area contributed by atoms with Gasteiger partial charge in [0, 0.05) is 23.8 Å². The van der Waals surface area contributed by atoms with Gasteiger partial charge in [-0.05, 0) is 48.8 Å². The van der Waals surface area contributed by atoms with Gasteiger partial charge in [0.2, 0.25) is 0 Å². The highest BCUT2D eigenvalue weighted by Gasteiger charge is 2.07. The lowest BCUT2D eigenvalue weighted by atomic mass is 10.0. The molecule has 0 aliphatic heterocycles. The maximum Gasteiger partial charge on any atom is 0.127 e. The summed E-state index contributed by atoms with van der Waals surface area (Å²) in [5.74, 6) is 0.874. The number of rotatable bonds is 5. The van der Waals surface area contributed by atoms with Crippen LogP contribution in [0.15, 0.2) is 59.1 Å². The first kappa shape index (κ1) is 16.3. The monoisotopic (exact) mass is 313 g/mol. The molecule has 0 saturated heterocycles. The molecule has 2 aromatic carbocycles. The van der Waals surface area contributed by atoms with Crippen molar-refractivity contribution in [1.82, 2.24) is 0 Å². The molecule has 0 bridgehead atoms. The Balaban J connectivity index is 2.22. The van der Waals surface area contributed by atoms with E-state index in [0.717, 1.165) is 33.0 Å². The number of nitrogens with zero attached hydrogens (tertiary/aromatic N) is 1. The molecule has 2 nitrogen and oxygen atoms in total. The van der Waals surface area contributed by atoms with E-state index in [1.807, 2.05) is 48.7 Å². The number of allylic oxidation sites excluding steroid dienone is 2. The Morgan fingerprint density at radius 3 is 2.45 bits per heavy atom. The van der Waals surface area contributed by atoms with Gasteiger partial charge in [0.25, 0.3) is 0 Å². The quantitative estimate of drug-likeness (QED) is 0.676. The molecular formula is C19H20ClNO. The maximum absolute atomic E-state index is 5.99. The summed E-state index contributed by atoms with van der Waals surface area (Å²) >= 11 is 5.90. The number of benzene rings is 2. The molecule has 0 unspecified atom stereocenters. The van der Waals surface area contributed by atoms with Crippen molar-refractivity contribution in [2.24, 2.45) is 4.99 Å². The Morgan fingerprint density at radius 1 is 1.09 bits per heavy atom. The topological polar surface area (TPSA) is 21.6 Å². The van der Waals surface area contributed by atoms with Crippen molar-refractivity contribution < 1.29 is 4.74 Å². The summed E-state index contributed by atoms with van der Waals surface area (Å²) in [7, 11) is 1.78. The summed E-state index contributed by atoms with van der Waals surface area (Å²) in [6, 6.07) is 15.8. The van der Waals surface area contributed by atoms with Crippen LogP contribution in [0.5, 0.6) is 5.75 Å². The molecule has 0 heterocycles. The van der Waals surface area contributed by atoms with Gasteiger partial charge in [0.15, 0.2) is 0 Å². The lowest BCUT2D eigenvalue weighted by molar-refractivity contribution is 0.305. The molecule has 2 rings (SSSR count). The van der Waals surface area contributed by atoms with Gasteiger partial charge < -0.3 is 4.74 Å². The molecule has 0 radical (unpaired) electrons. The predicted octanol–water partition coefficient (Wildman–Crippen LogP) is 5.41. The fraction of sp³-hybridized carbons (Fsp3) is 0.211. The third-order valence-corrected chi connectivity index (χ3v) is 3.76. The largest absolute Gasteiger partial charge is 0.488 e. The number of aliphatic imine (C=N–C) groups is 1. The van der Waals surface area contributed by atoms with E-state index < -0.39 is 0 Å². The number of hydrogen-bond acceptors (Lipinski definition) is 2. The highest BCUT2D eigenvalue weighted by molar-refractivity contribution is 6.30. The normalized spacial score (nSPS) is 12.4. The average molecular weight is 314 g/mol. The molecule has 0 aliphatic carbocycles. The zero-order chi connectivity index (χ0) is 15.9. The van der Waals surface area contributed by atoms with Crippen molar-refractivity contribution >= 4 is 23.4 Å². The second-order valence-corrected chi connectivity index (χ2v) is 5.54. The lowest BCUT2D eigenvalue weighted by Crippen LogP contribution is -1.98. The van der Waals surface area contributed by atoms with Crippen LogP contribution in [0.4, 0.5) is 0 Å². The summed E-state index contributed by atoms with van der Waals surface area (Å²) < 4.78 is 5.99. The van der Waals surface area contributed by atoms with E-state index in [1.165, 1.54) is 0 Å². The van der Waals surface area contributed by atoms with Gasteiger partial charge in [-0.2, -0.15) is 0 Å². The third-order valence-electron chi connectivity index (χ3n) is 3.51. The van der Waals surface area contributed by atoms with E-state index in [9.17, 15) is 0 Å². The zero-order valence-electron chi connectivity index (χ0n) is 13.1. The van der Waals surface area contributed by atoms with Crippen molar-refractivity contribution in [1.29, 1.82) is 0 Å². The van der Waals surface area contributed by atoms with Crippen LogP contribution >= 0.6 is 11.6 Å². The molecule has 0 amide bonds. The van der Waals surface area contributed by atoms with Gasteiger partial charge in [-0.3, -0.25) is 4.99 Å². The minimum absolute atomic E-state index is 0.516. The molecule has 0 fully saturated rings. The molecule has 0 N–H and O–H groups in total. The van der Waals surface area contributed by atoms with Crippen molar-refractivity contribution in [3.8, 4) is 5.75 Å². The van der Waals surface area contributed by atoms with Gasteiger partial charge in [-0.15, -0.1) is 0 Å². The van der Waals surface area contributed by atoms with Crippen molar-refractivity contribution in [3.05, 3.63) is 70.3 Å². The van der Waals surface area contributed by atoms with Crippen molar-refractivity contribution in [2.75, 3.05) is 7.05 Å². The van der Waals surface area contributed by atoms with Gasteiger partial charge in [0.1, 0.15) is 12.4 Å². The van der Waals surface area contributed by atoms with Gasteiger partial charge in [0.05, 0.1) is 0 Å². The molecule has 22 heavy (non-hydrogen) atoms. The van der Waals surface area contributed by atoms with Crippen molar-refractivity contribution in [3.63, 3.8) is 0 Å². The zero-order valence-corrected chi connectivity index (χ0v) is 13.9. The fourth-order valence-electron chi connectivity index (χ4n) is 2.15. The Morgan fingerprint density at radius 2 is 1.77 bits per heavy atom. The highest BCUT2D eigenvalue weighted by atomic mass is 35.5. The van der Waals surface area contributed by atoms with Crippen LogP contribution in [0.25, 0.3) is 5.57 Å². The SMILES string of the molecule is CN=C/C(C)=C(\C)c1ccccc1OCc1ccc(Cl)cc1. The van der Waals surface area contributed by atoms with E-state index in [4.69, 9.17) is 16.3 Å². The molecule has 0 aliphatic rings. The molecule has 0 aromatic heterocycles. The summed E-state index contributed by atoms with van der Waals surface area (Å²) in [5.41, 5.74) is 4.48. The molecule has 0 spiro atoms. The van der Waals surface area contributed by atoms with E-state index in [2.05, 4.69) is 24.9 Å². The van der Waals surface area contributed by atoms with E-state index in [1.54, 1.807) is 7.05 Å². The number of ether oxygens (including phenoxy) is 1. The number of halogens is 1. The first-order valence-corrected chi connectivity index (χ1v) is 7.56. The Bertz CT molecular complexity index is 687. The minimum Gasteiger partial charge on any atom is -0.488 e. The third kappa shape index (κ3) is 4.22. The summed E-state index contributed by atoms with van der Waals surface area (Å²) in [5, 5.41) is 0.734. The van der Waals surface area contributed by atoms with E-state index in [0.29, 0.717) is 6.61 Å². The Labute approximate surface area is 137 Å².